The van der Waals surface area contributed by atoms with Crippen molar-refractivity contribution in [1.29, 1.82) is 0 Å². The van der Waals surface area contributed by atoms with E-state index in [0.717, 1.165) is 54.8 Å². The third kappa shape index (κ3) is 4.94. The number of hydrogen-bond donors (Lipinski definition) is 1. The van der Waals surface area contributed by atoms with Crippen LogP contribution < -0.4 is 10.2 Å². The minimum absolute atomic E-state index is 0.0476. The van der Waals surface area contributed by atoms with Crippen LogP contribution in [-0.2, 0) is 12.0 Å². The summed E-state index contributed by atoms with van der Waals surface area (Å²) < 4.78 is 1.18. The van der Waals surface area contributed by atoms with Gasteiger partial charge in [0.25, 0.3) is 0 Å². The number of fused-ring (bicyclic) bond motifs is 4. The molecule has 0 unspecified atom stereocenters. The lowest BCUT2D eigenvalue weighted by Crippen LogP contribution is -2.47. The maximum atomic E-state index is 13.4. The Hall–Kier alpha value is -2.90. The molecule has 1 aromatic heterocycles. The van der Waals surface area contributed by atoms with Gasteiger partial charge in [0.15, 0.2) is 0 Å². The Labute approximate surface area is 236 Å². The van der Waals surface area contributed by atoms with Gasteiger partial charge in [-0.2, -0.15) is 0 Å². The number of nitrogens with one attached hydrogen (secondary N) is 1. The first kappa shape index (κ1) is 25.4. The Bertz CT molecular complexity index is 1490. The van der Waals surface area contributed by atoms with Gasteiger partial charge in [-0.3, -0.25) is 9.80 Å². The number of likely N-dealkylation sites (tertiary alicyclic amines) is 1. The SMILES string of the molecule is O=C(NCc1ccccc1)N1CC2(CCN(C/C=C/c3ccc(Cl)c(Cl)c3)CC2)c2c1ccc1scnc21. The second kappa shape index (κ2) is 10.7. The molecule has 194 valence electrons. The molecule has 6 rings (SSSR count). The van der Waals surface area contributed by atoms with Crippen LogP contribution in [0.15, 0.2) is 72.3 Å². The summed E-state index contributed by atoms with van der Waals surface area (Å²) in [5.74, 6) is 0. The number of amides is 2. The minimum atomic E-state index is -0.0864. The fourth-order valence-corrected chi connectivity index (χ4v) is 6.70. The van der Waals surface area contributed by atoms with Gasteiger partial charge in [0.2, 0.25) is 0 Å². The fourth-order valence-electron chi connectivity index (χ4n) is 5.71. The van der Waals surface area contributed by atoms with E-state index in [9.17, 15) is 4.79 Å². The first-order chi connectivity index (χ1) is 18.5. The smallest absolute Gasteiger partial charge is 0.322 e. The summed E-state index contributed by atoms with van der Waals surface area (Å²) in [7, 11) is 0. The zero-order chi connectivity index (χ0) is 26.1. The van der Waals surface area contributed by atoms with Crippen LogP contribution in [0.2, 0.25) is 10.0 Å². The number of piperidine rings is 1. The molecule has 0 radical (unpaired) electrons. The summed E-state index contributed by atoms with van der Waals surface area (Å²) in [5.41, 5.74) is 7.27. The molecule has 1 saturated heterocycles. The van der Waals surface area contributed by atoms with Crippen molar-refractivity contribution in [1.82, 2.24) is 15.2 Å². The van der Waals surface area contributed by atoms with Crippen LogP contribution in [0, 0.1) is 0 Å². The lowest BCUT2D eigenvalue weighted by Gasteiger charge is -2.39. The maximum absolute atomic E-state index is 13.4. The molecule has 8 heteroatoms. The number of urea groups is 1. The van der Waals surface area contributed by atoms with Gasteiger partial charge in [0.1, 0.15) is 0 Å². The number of benzene rings is 3. The summed E-state index contributed by atoms with van der Waals surface area (Å²) in [6.07, 6.45) is 6.25. The average Bonchev–Trinajstić information content (AvgIpc) is 3.54. The molecule has 1 N–H and O–H groups in total. The summed E-state index contributed by atoms with van der Waals surface area (Å²) in [5, 5.41) is 4.27. The number of nitrogens with zero attached hydrogens (tertiary/aromatic N) is 3. The predicted octanol–water partition coefficient (Wildman–Crippen LogP) is 7.38. The van der Waals surface area contributed by atoms with Crippen molar-refractivity contribution in [3.8, 4) is 0 Å². The molecule has 3 aromatic carbocycles. The van der Waals surface area contributed by atoms with Gasteiger partial charge < -0.3 is 5.32 Å². The molecule has 5 nitrogen and oxygen atoms in total. The molecule has 2 aliphatic heterocycles. The monoisotopic (exact) mass is 562 g/mol. The molecule has 2 aliphatic rings. The number of thiazole rings is 1. The van der Waals surface area contributed by atoms with Crippen LogP contribution in [-0.4, -0.2) is 42.1 Å². The number of halogens is 2. The number of anilines is 1. The van der Waals surface area contributed by atoms with Gasteiger partial charge >= 0.3 is 6.03 Å². The van der Waals surface area contributed by atoms with Crippen molar-refractivity contribution in [3.63, 3.8) is 0 Å². The van der Waals surface area contributed by atoms with Crippen LogP contribution >= 0.6 is 34.5 Å². The number of carbonyl (C=O) groups is 1. The Morgan fingerprint density at radius 3 is 2.66 bits per heavy atom. The number of rotatable bonds is 5. The molecule has 0 atom stereocenters. The van der Waals surface area contributed by atoms with Crippen molar-refractivity contribution in [3.05, 3.63) is 99.0 Å². The van der Waals surface area contributed by atoms with Crippen LogP contribution in [0.4, 0.5) is 10.5 Å². The van der Waals surface area contributed by atoms with E-state index in [4.69, 9.17) is 28.2 Å². The maximum Gasteiger partial charge on any atom is 0.322 e. The van der Waals surface area contributed by atoms with Crippen LogP contribution in [0.3, 0.4) is 0 Å². The van der Waals surface area contributed by atoms with Gasteiger partial charge in [0, 0.05) is 30.6 Å². The molecule has 0 bridgehead atoms. The second-order valence-electron chi connectivity index (χ2n) is 10.0. The van der Waals surface area contributed by atoms with Crippen LogP contribution in [0.1, 0.15) is 29.5 Å². The van der Waals surface area contributed by atoms with Gasteiger partial charge in [-0.25, -0.2) is 9.78 Å². The van der Waals surface area contributed by atoms with Crippen molar-refractivity contribution >= 4 is 62.5 Å². The summed E-state index contributed by atoms with van der Waals surface area (Å²) in [6, 6.07) is 19.9. The standard InChI is InChI=1S/C30H28Cl2N4OS/c31-23-9-8-21(17-24(23)32)7-4-14-35-15-12-30(13-16-35)19-36(29(37)33-18-22-5-2-1-3-6-22)25-10-11-26-28(27(25)30)34-20-38-26/h1-11,17,20H,12-16,18-19H2,(H,33,37)/b7-4+. The Morgan fingerprint density at radius 2 is 1.87 bits per heavy atom. The molecule has 0 aliphatic carbocycles. The zero-order valence-electron chi connectivity index (χ0n) is 20.9. The lowest BCUT2D eigenvalue weighted by molar-refractivity contribution is 0.180. The molecule has 1 spiro atoms. The first-order valence-electron chi connectivity index (χ1n) is 12.8. The second-order valence-corrected chi connectivity index (χ2v) is 11.7. The van der Waals surface area contributed by atoms with E-state index in [1.54, 1.807) is 11.3 Å². The summed E-state index contributed by atoms with van der Waals surface area (Å²) in [4.78, 5) is 22.6. The van der Waals surface area contributed by atoms with E-state index in [0.29, 0.717) is 23.1 Å². The summed E-state index contributed by atoms with van der Waals surface area (Å²) >= 11 is 13.9. The normalized spacial score (nSPS) is 16.9. The lowest BCUT2D eigenvalue weighted by atomic mass is 9.74. The van der Waals surface area contributed by atoms with Crippen molar-refractivity contribution < 1.29 is 4.79 Å². The van der Waals surface area contributed by atoms with Crippen molar-refractivity contribution in [2.24, 2.45) is 0 Å². The molecular weight excluding hydrogens is 535 g/mol. The molecule has 2 amide bonds. The Kier molecular flexibility index (Phi) is 7.14. The van der Waals surface area contributed by atoms with Gasteiger partial charge in [-0.05, 0) is 61.3 Å². The van der Waals surface area contributed by atoms with Gasteiger partial charge in [-0.15, -0.1) is 11.3 Å². The molecule has 0 saturated carbocycles. The van der Waals surface area contributed by atoms with E-state index in [-0.39, 0.29) is 11.4 Å². The molecule has 38 heavy (non-hydrogen) atoms. The highest BCUT2D eigenvalue weighted by atomic mass is 35.5. The highest BCUT2D eigenvalue weighted by molar-refractivity contribution is 7.16. The van der Waals surface area contributed by atoms with Gasteiger partial charge in [-0.1, -0.05) is 71.8 Å². The third-order valence-corrected chi connectivity index (χ3v) is 9.26. The molecular formula is C30H28Cl2N4OS. The predicted molar refractivity (Wildman–Crippen MR) is 158 cm³/mol. The topological polar surface area (TPSA) is 48.5 Å². The number of aromatic nitrogens is 1. The largest absolute Gasteiger partial charge is 0.334 e. The third-order valence-electron chi connectivity index (χ3n) is 7.72. The number of carbonyl (C=O) groups excluding carboxylic acids is 1. The minimum Gasteiger partial charge on any atom is -0.334 e. The number of hydrogen-bond acceptors (Lipinski definition) is 4. The highest BCUT2D eigenvalue weighted by Crippen LogP contribution is 2.50. The van der Waals surface area contributed by atoms with Crippen molar-refractivity contribution in [2.75, 3.05) is 31.1 Å². The van der Waals surface area contributed by atoms with Crippen LogP contribution in [0.25, 0.3) is 16.3 Å². The van der Waals surface area contributed by atoms with E-state index >= 15 is 0 Å². The Balaban J connectivity index is 1.18. The van der Waals surface area contributed by atoms with E-state index in [2.05, 4.69) is 34.5 Å². The molecule has 3 heterocycles. The fraction of sp³-hybridized carbons (Fsp3) is 0.267. The average molecular weight is 564 g/mol. The van der Waals surface area contributed by atoms with E-state index in [1.807, 2.05) is 58.9 Å². The molecule has 1 fully saturated rings. The van der Waals surface area contributed by atoms with Crippen molar-refractivity contribution in [2.45, 2.75) is 24.8 Å². The zero-order valence-corrected chi connectivity index (χ0v) is 23.2. The quantitative estimate of drug-likeness (QED) is 0.276. The Morgan fingerprint density at radius 1 is 1.05 bits per heavy atom. The highest BCUT2D eigenvalue weighted by Gasteiger charge is 2.47. The summed E-state index contributed by atoms with van der Waals surface area (Å²) in [6.45, 7) is 3.99. The first-order valence-corrected chi connectivity index (χ1v) is 14.5. The molecule has 4 aromatic rings. The van der Waals surface area contributed by atoms with Gasteiger partial charge in [0.05, 0.1) is 31.5 Å². The van der Waals surface area contributed by atoms with E-state index < -0.39 is 0 Å². The van der Waals surface area contributed by atoms with Crippen LogP contribution in [0.5, 0.6) is 0 Å². The van der Waals surface area contributed by atoms with E-state index in [1.165, 1.54) is 10.3 Å².